The Kier molecular flexibility index (Phi) is 4.86. The van der Waals surface area contributed by atoms with Crippen LogP contribution in [0, 0.1) is 5.92 Å². The van der Waals surface area contributed by atoms with Gasteiger partial charge in [-0.3, -0.25) is 4.90 Å². The third kappa shape index (κ3) is 3.11. The second kappa shape index (κ2) is 6.42. The smallest absolute Gasteiger partial charge is 0.323 e. The minimum Gasteiger partial charge on any atom is -0.323 e. The summed E-state index contributed by atoms with van der Waals surface area (Å²) in [5, 5.41) is 0.941. The molecule has 1 aliphatic rings. The Morgan fingerprint density at radius 3 is 2.79 bits per heavy atom. The Labute approximate surface area is 123 Å². The molecule has 0 N–H and O–H groups in total. The van der Waals surface area contributed by atoms with Gasteiger partial charge in [0, 0.05) is 25.5 Å². The molecule has 0 spiro atoms. The third-order valence-corrected chi connectivity index (χ3v) is 4.52. The summed E-state index contributed by atoms with van der Waals surface area (Å²) in [6.07, 6.45) is 2.29. The van der Waals surface area contributed by atoms with E-state index in [2.05, 4.69) is 35.0 Å². The van der Waals surface area contributed by atoms with E-state index in [1.165, 1.54) is 5.56 Å². The number of alkyl halides is 1. The van der Waals surface area contributed by atoms with Gasteiger partial charge in [-0.25, -0.2) is 4.79 Å². The monoisotopic (exact) mass is 324 g/mol. The highest BCUT2D eigenvalue weighted by Gasteiger charge is 2.29. The first-order valence-electron chi connectivity index (χ1n) is 6.83. The molecule has 0 bridgehead atoms. The maximum absolute atomic E-state index is 12.4. The molecule has 1 aromatic carbocycles. The summed E-state index contributed by atoms with van der Waals surface area (Å²) in [5.74, 6) is 0.508. The molecule has 1 aromatic rings. The van der Waals surface area contributed by atoms with Gasteiger partial charge in [0.05, 0.1) is 5.69 Å². The van der Waals surface area contributed by atoms with Crippen molar-refractivity contribution < 1.29 is 4.79 Å². The normalized spacial score (nSPS) is 16.5. The van der Waals surface area contributed by atoms with E-state index < -0.39 is 0 Å². The summed E-state index contributed by atoms with van der Waals surface area (Å²) < 4.78 is 0. The van der Waals surface area contributed by atoms with Crippen molar-refractivity contribution in [3.05, 3.63) is 29.8 Å². The lowest BCUT2D eigenvalue weighted by molar-refractivity contribution is 0.209. The molecule has 2 rings (SSSR count). The average Bonchev–Trinajstić information content (AvgIpc) is 2.42. The van der Waals surface area contributed by atoms with Gasteiger partial charge in [0.2, 0.25) is 0 Å². The number of fused-ring (bicyclic) bond motifs is 1. The maximum atomic E-state index is 12.4. The summed E-state index contributed by atoms with van der Waals surface area (Å²) >= 11 is 3.57. The standard InChI is InChI=1S/C15H21BrN2O/c1-3-6-12(9-16)10-18-14-8-5-4-7-13(14)11-17(2)15(18)19/h4-5,7-8,12H,3,6,9-11H2,1-2H3. The van der Waals surface area contributed by atoms with E-state index >= 15 is 0 Å². The molecule has 0 aromatic heterocycles. The van der Waals surface area contributed by atoms with Crippen molar-refractivity contribution in [2.24, 2.45) is 5.92 Å². The molecule has 104 valence electrons. The largest absolute Gasteiger partial charge is 0.324 e. The predicted octanol–water partition coefficient (Wildman–Crippen LogP) is 3.87. The van der Waals surface area contributed by atoms with Gasteiger partial charge in [-0.1, -0.05) is 47.5 Å². The predicted molar refractivity (Wildman–Crippen MR) is 82.8 cm³/mol. The molecular weight excluding hydrogens is 304 g/mol. The van der Waals surface area contributed by atoms with Gasteiger partial charge in [-0.05, 0) is 24.0 Å². The van der Waals surface area contributed by atoms with Crippen molar-refractivity contribution in [2.45, 2.75) is 26.3 Å². The lowest BCUT2D eigenvalue weighted by Crippen LogP contribution is -2.47. The molecule has 1 atom stereocenters. The molecule has 1 heterocycles. The Morgan fingerprint density at radius 2 is 2.11 bits per heavy atom. The zero-order chi connectivity index (χ0) is 13.8. The second-order valence-electron chi connectivity index (χ2n) is 5.19. The number of urea groups is 1. The highest BCUT2D eigenvalue weighted by molar-refractivity contribution is 9.09. The van der Waals surface area contributed by atoms with Crippen LogP contribution < -0.4 is 4.90 Å². The zero-order valence-electron chi connectivity index (χ0n) is 11.6. The first-order valence-corrected chi connectivity index (χ1v) is 7.96. The van der Waals surface area contributed by atoms with E-state index in [-0.39, 0.29) is 6.03 Å². The molecule has 0 saturated carbocycles. The van der Waals surface area contributed by atoms with E-state index in [1.807, 2.05) is 24.1 Å². The SMILES string of the molecule is CCCC(CBr)CN1C(=O)N(C)Cc2ccccc21. The van der Waals surface area contributed by atoms with E-state index in [0.717, 1.165) is 30.4 Å². The molecule has 0 radical (unpaired) electrons. The fourth-order valence-corrected chi connectivity index (χ4v) is 3.13. The number of halogens is 1. The van der Waals surface area contributed by atoms with Gasteiger partial charge in [-0.15, -0.1) is 0 Å². The van der Waals surface area contributed by atoms with Crippen molar-refractivity contribution >= 4 is 27.6 Å². The van der Waals surface area contributed by atoms with Gasteiger partial charge in [-0.2, -0.15) is 0 Å². The lowest BCUT2D eigenvalue weighted by atomic mass is 10.0. The Balaban J connectivity index is 2.24. The summed E-state index contributed by atoms with van der Waals surface area (Å²) in [6, 6.07) is 8.31. The van der Waals surface area contributed by atoms with E-state index in [9.17, 15) is 4.79 Å². The van der Waals surface area contributed by atoms with Gasteiger partial charge >= 0.3 is 6.03 Å². The summed E-state index contributed by atoms with van der Waals surface area (Å²) in [5.41, 5.74) is 2.31. The molecule has 4 heteroatoms. The van der Waals surface area contributed by atoms with Crippen LogP contribution in [0.15, 0.2) is 24.3 Å². The van der Waals surface area contributed by atoms with Crippen LogP contribution in [0.2, 0.25) is 0 Å². The molecule has 0 fully saturated rings. The number of rotatable bonds is 5. The van der Waals surface area contributed by atoms with Gasteiger partial charge in [0.25, 0.3) is 0 Å². The van der Waals surface area contributed by atoms with Crippen LogP contribution in [0.1, 0.15) is 25.3 Å². The number of anilines is 1. The van der Waals surface area contributed by atoms with Crippen LogP contribution in [0.4, 0.5) is 10.5 Å². The van der Waals surface area contributed by atoms with Crippen molar-refractivity contribution in [3.63, 3.8) is 0 Å². The van der Waals surface area contributed by atoms with Crippen molar-refractivity contribution in [2.75, 3.05) is 23.8 Å². The number of hydrogen-bond donors (Lipinski definition) is 0. The number of carbonyl (C=O) groups excluding carboxylic acids is 1. The zero-order valence-corrected chi connectivity index (χ0v) is 13.2. The van der Waals surface area contributed by atoms with Crippen molar-refractivity contribution in [3.8, 4) is 0 Å². The van der Waals surface area contributed by atoms with Crippen LogP contribution in [-0.2, 0) is 6.54 Å². The highest BCUT2D eigenvalue weighted by Crippen LogP contribution is 2.29. The minimum absolute atomic E-state index is 0.112. The number of amides is 2. The molecular formula is C15H21BrN2O. The van der Waals surface area contributed by atoms with Crippen molar-refractivity contribution in [1.82, 2.24) is 4.90 Å². The maximum Gasteiger partial charge on any atom is 0.324 e. The Bertz CT molecular complexity index is 450. The minimum atomic E-state index is 0.112. The fourth-order valence-electron chi connectivity index (χ4n) is 2.60. The molecule has 1 aliphatic heterocycles. The summed E-state index contributed by atoms with van der Waals surface area (Å²) in [7, 11) is 1.87. The van der Waals surface area contributed by atoms with Crippen molar-refractivity contribution in [1.29, 1.82) is 0 Å². The topological polar surface area (TPSA) is 23.6 Å². The third-order valence-electron chi connectivity index (χ3n) is 3.60. The first-order chi connectivity index (χ1) is 9.17. The number of nitrogens with zero attached hydrogens (tertiary/aromatic N) is 2. The van der Waals surface area contributed by atoms with Crippen LogP contribution in [0.25, 0.3) is 0 Å². The Hall–Kier alpha value is -1.03. The molecule has 0 saturated heterocycles. The Morgan fingerprint density at radius 1 is 1.37 bits per heavy atom. The van der Waals surface area contributed by atoms with Crippen LogP contribution in [0.5, 0.6) is 0 Å². The number of carbonyl (C=O) groups is 1. The van der Waals surface area contributed by atoms with Gasteiger partial charge < -0.3 is 4.90 Å². The van der Waals surface area contributed by atoms with Crippen LogP contribution >= 0.6 is 15.9 Å². The fraction of sp³-hybridized carbons (Fsp3) is 0.533. The molecule has 3 nitrogen and oxygen atoms in total. The molecule has 0 aliphatic carbocycles. The molecule has 19 heavy (non-hydrogen) atoms. The van der Waals surface area contributed by atoms with E-state index in [1.54, 1.807) is 4.90 Å². The van der Waals surface area contributed by atoms with Gasteiger partial charge in [0.15, 0.2) is 0 Å². The molecule has 2 amide bonds. The summed E-state index contributed by atoms with van der Waals surface area (Å²) in [4.78, 5) is 16.1. The lowest BCUT2D eigenvalue weighted by Gasteiger charge is -2.36. The first kappa shape index (κ1) is 14.4. The van der Waals surface area contributed by atoms with E-state index in [0.29, 0.717) is 12.5 Å². The number of hydrogen-bond acceptors (Lipinski definition) is 1. The number of benzene rings is 1. The molecule has 1 unspecified atom stereocenters. The van der Waals surface area contributed by atoms with Gasteiger partial charge in [0.1, 0.15) is 0 Å². The second-order valence-corrected chi connectivity index (χ2v) is 5.83. The van der Waals surface area contributed by atoms with E-state index in [4.69, 9.17) is 0 Å². The highest BCUT2D eigenvalue weighted by atomic mass is 79.9. The number of para-hydroxylation sites is 1. The van der Waals surface area contributed by atoms with Crippen LogP contribution in [0.3, 0.4) is 0 Å². The van der Waals surface area contributed by atoms with Crippen LogP contribution in [-0.4, -0.2) is 29.9 Å². The quantitative estimate of drug-likeness (QED) is 0.754. The summed E-state index contributed by atoms with van der Waals surface area (Å²) in [6.45, 7) is 3.69. The average molecular weight is 325 g/mol.